The Morgan fingerprint density at radius 2 is 2.27 bits per heavy atom. The summed E-state index contributed by atoms with van der Waals surface area (Å²) in [7, 11) is 0. The van der Waals surface area contributed by atoms with E-state index in [9.17, 15) is 4.79 Å². The van der Waals surface area contributed by atoms with Gasteiger partial charge in [-0.05, 0) is 31.6 Å². The second-order valence-corrected chi connectivity index (χ2v) is 5.40. The van der Waals surface area contributed by atoms with Gasteiger partial charge < -0.3 is 5.32 Å². The molecule has 1 aliphatic rings. The first-order valence-electron chi connectivity index (χ1n) is 6.05. The minimum atomic E-state index is 0.273. The Morgan fingerprint density at radius 1 is 1.53 bits per heavy atom. The summed E-state index contributed by atoms with van der Waals surface area (Å²) >= 11 is 3.42. The van der Waals surface area contributed by atoms with E-state index >= 15 is 0 Å². The van der Waals surface area contributed by atoms with Crippen LogP contribution in [0.4, 0.5) is 0 Å². The predicted octanol–water partition coefficient (Wildman–Crippen LogP) is 3.10. The molecule has 2 nitrogen and oxygen atoms in total. The molecule has 0 aliphatic heterocycles. The van der Waals surface area contributed by atoms with Gasteiger partial charge in [-0.25, -0.2) is 0 Å². The fraction of sp³-hybridized carbons (Fsp3) is 0.917. The van der Waals surface area contributed by atoms with Crippen molar-refractivity contribution in [2.45, 2.75) is 52.0 Å². The van der Waals surface area contributed by atoms with Crippen molar-refractivity contribution in [3.05, 3.63) is 0 Å². The normalized spacial score (nSPS) is 27.7. The van der Waals surface area contributed by atoms with Crippen LogP contribution >= 0.6 is 15.9 Å². The molecule has 0 spiro atoms. The largest absolute Gasteiger partial charge is 0.353 e. The molecule has 3 unspecified atom stereocenters. The smallest absolute Gasteiger partial charge is 0.223 e. The minimum Gasteiger partial charge on any atom is -0.353 e. The van der Waals surface area contributed by atoms with Crippen molar-refractivity contribution in [3.63, 3.8) is 0 Å². The number of hydrogen-bond acceptors (Lipinski definition) is 1. The SMILES string of the molecule is CCC(CCBr)NC(=O)C1CCCC1C. The van der Waals surface area contributed by atoms with E-state index in [0.29, 0.717) is 12.0 Å². The second kappa shape index (κ2) is 6.51. The standard InChI is InChI=1S/C12H22BrNO/c1-3-10(7-8-13)14-12(15)11-6-4-5-9(11)2/h9-11H,3-8H2,1-2H3,(H,14,15). The van der Waals surface area contributed by atoms with Crippen molar-refractivity contribution >= 4 is 21.8 Å². The number of amides is 1. The van der Waals surface area contributed by atoms with Crippen LogP contribution in [0.3, 0.4) is 0 Å². The molecule has 1 N–H and O–H groups in total. The maximum Gasteiger partial charge on any atom is 0.223 e. The third-order valence-electron chi connectivity index (χ3n) is 3.50. The summed E-state index contributed by atoms with van der Waals surface area (Å²) in [6, 6.07) is 0.352. The molecule has 0 radical (unpaired) electrons. The van der Waals surface area contributed by atoms with E-state index in [1.807, 2.05) is 0 Å². The Labute approximate surface area is 101 Å². The zero-order valence-electron chi connectivity index (χ0n) is 9.76. The van der Waals surface area contributed by atoms with Gasteiger partial charge in [0.15, 0.2) is 0 Å². The lowest BCUT2D eigenvalue weighted by atomic mass is 9.96. The third-order valence-corrected chi connectivity index (χ3v) is 3.95. The number of hydrogen-bond donors (Lipinski definition) is 1. The fourth-order valence-corrected chi connectivity index (χ4v) is 2.91. The molecular weight excluding hydrogens is 254 g/mol. The predicted molar refractivity (Wildman–Crippen MR) is 67.1 cm³/mol. The lowest BCUT2D eigenvalue weighted by Crippen LogP contribution is -2.39. The van der Waals surface area contributed by atoms with Gasteiger partial charge in [-0.1, -0.05) is 36.2 Å². The first-order valence-corrected chi connectivity index (χ1v) is 7.17. The van der Waals surface area contributed by atoms with Gasteiger partial charge in [0, 0.05) is 17.3 Å². The summed E-state index contributed by atoms with van der Waals surface area (Å²) in [6.45, 7) is 4.33. The molecule has 1 rings (SSSR count). The molecule has 1 saturated carbocycles. The van der Waals surface area contributed by atoms with Crippen LogP contribution in [0.15, 0.2) is 0 Å². The van der Waals surface area contributed by atoms with Gasteiger partial charge in [-0.2, -0.15) is 0 Å². The van der Waals surface area contributed by atoms with Crippen molar-refractivity contribution in [1.29, 1.82) is 0 Å². The molecule has 3 heteroatoms. The summed E-state index contributed by atoms with van der Waals surface area (Å²) < 4.78 is 0. The number of rotatable bonds is 5. The van der Waals surface area contributed by atoms with Crippen LogP contribution in [0.5, 0.6) is 0 Å². The number of halogens is 1. The lowest BCUT2D eigenvalue weighted by molar-refractivity contribution is -0.126. The van der Waals surface area contributed by atoms with E-state index in [1.54, 1.807) is 0 Å². The van der Waals surface area contributed by atoms with Crippen molar-refractivity contribution in [2.75, 3.05) is 5.33 Å². The molecule has 0 bridgehead atoms. The Bertz CT molecular complexity index is 208. The summed E-state index contributed by atoms with van der Waals surface area (Å²) in [4.78, 5) is 12.0. The molecule has 1 amide bonds. The molecule has 3 atom stereocenters. The van der Waals surface area contributed by atoms with E-state index < -0.39 is 0 Å². The van der Waals surface area contributed by atoms with Crippen molar-refractivity contribution in [2.24, 2.45) is 11.8 Å². The van der Waals surface area contributed by atoms with Gasteiger partial charge in [0.25, 0.3) is 0 Å². The minimum absolute atomic E-state index is 0.273. The molecule has 0 aromatic carbocycles. The van der Waals surface area contributed by atoms with Crippen molar-refractivity contribution in [3.8, 4) is 0 Å². The van der Waals surface area contributed by atoms with E-state index in [2.05, 4.69) is 35.1 Å². The van der Waals surface area contributed by atoms with Crippen LogP contribution in [0.1, 0.15) is 46.0 Å². The summed E-state index contributed by atoms with van der Waals surface area (Å²) in [5.74, 6) is 1.13. The Hall–Kier alpha value is -0.0500. The maximum absolute atomic E-state index is 12.0. The lowest BCUT2D eigenvalue weighted by Gasteiger charge is -2.20. The van der Waals surface area contributed by atoms with Crippen LogP contribution in [0, 0.1) is 11.8 Å². The monoisotopic (exact) mass is 275 g/mol. The molecule has 0 aromatic heterocycles. The van der Waals surface area contributed by atoms with E-state index in [1.165, 1.54) is 12.8 Å². The number of carbonyl (C=O) groups is 1. The van der Waals surface area contributed by atoms with E-state index in [0.717, 1.165) is 24.6 Å². The highest BCUT2D eigenvalue weighted by Gasteiger charge is 2.30. The van der Waals surface area contributed by atoms with Gasteiger partial charge >= 0.3 is 0 Å². The maximum atomic E-state index is 12.0. The summed E-state index contributed by atoms with van der Waals surface area (Å²) in [6.07, 6.45) is 5.57. The molecule has 0 aromatic rings. The highest BCUT2D eigenvalue weighted by Crippen LogP contribution is 2.31. The van der Waals surface area contributed by atoms with E-state index in [4.69, 9.17) is 0 Å². The molecular formula is C12H22BrNO. The molecule has 1 aliphatic carbocycles. The molecule has 88 valence electrons. The van der Waals surface area contributed by atoms with Crippen molar-refractivity contribution in [1.82, 2.24) is 5.32 Å². The zero-order valence-corrected chi connectivity index (χ0v) is 11.3. The van der Waals surface area contributed by atoms with E-state index in [-0.39, 0.29) is 11.8 Å². The Morgan fingerprint density at radius 3 is 2.73 bits per heavy atom. The number of carbonyl (C=O) groups excluding carboxylic acids is 1. The van der Waals surface area contributed by atoms with Crippen LogP contribution in [0.2, 0.25) is 0 Å². The van der Waals surface area contributed by atoms with Gasteiger partial charge in [-0.15, -0.1) is 0 Å². The molecule has 0 heterocycles. The average Bonchev–Trinajstić information content (AvgIpc) is 2.63. The second-order valence-electron chi connectivity index (χ2n) is 4.61. The van der Waals surface area contributed by atoms with Gasteiger partial charge in [-0.3, -0.25) is 4.79 Å². The molecule has 15 heavy (non-hydrogen) atoms. The number of nitrogens with one attached hydrogen (secondary N) is 1. The summed E-state index contributed by atoms with van der Waals surface area (Å²) in [5, 5.41) is 4.14. The molecule has 1 fully saturated rings. The topological polar surface area (TPSA) is 29.1 Å². The van der Waals surface area contributed by atoms with Crippen LogP contribution in [-0.4, -0.2) is 17.3 Å². The van der Waals surface area contributed by atoms with Crippen molar-refractivity contribution < 1.29 is 4.79 Å². The molecule has 0 saturated heterocycles. The average molecular weight is 276 g/mol. The highest BCUT2D eigenvalue weighted by atomic mass is 79.9. The first-order chi connectivity index (χ1) is 7.19. The Kier molecular flexibility index (Phi) is 5.65. The van der Waals surface area contributed by atoms with Gasteiger partial charge in [0.1, 0.15) is 0 Å². The number of alkyl halides is 1. The fourth-order valence-electron chi connectivity index (χ4n) is 2.35. The quantitative estimate of drug-likeness (QED) is 0.768. The van der Waals surface area contributed by atoms with Crippen LogP contribution in [0.25, 0.3) is 0 Å². The zero-order chi connectivity index (χ0) is 11.3. The highest BCUT2D eigenvalue weighted by molar-refractivity contribution is 9.09. The Balaban J connectivity index is 2.39. The van der Waals surface area contributed by atoms with Crippen LogP contribution in [-0.2, 0) is 4.79 Å². The van der Waals surface area contributed by atoms with Gasteiger partial charge in [0.2, 0.25) is 5.91 Å². The van der Waals surface area contributed by atoms with Gasteiger partial charge in [0.05, 0.1) is 0 Å². The first kappa shape index (κ1) is 13.0. The summed E-state index contributed by atoms with van der Waals surface area (Å²) in [5.41, 5.74) is 0. The van der Waals surface area contributed by atoms with Crippen LogP contribution < -0.4 is 5.32 Å². The third kappa shape index (κ3) is 3.78.